The van der Waals surface area contributed by atoms with E-state index in [4.69, 9.17) is 23.2 Å². The molecule has 1 unspecified atom stereocenters. The van der Waals surface area contributed by atoms with Crippen LogP contribution in [0.2, 0.25) is 0 Å². The summed E-state index contributed by atoms with van der Waals surface area (Å²) >= 11 is 11.8. The van der Waals surface area contributed by atoms with Crippen LogP contribution in [0.5, 0.6) is 0 Å². The number of alkyl halides is 2. The van der Waals surface area contributed by atoms with E-state index in [1.54, 1.807) is 13.8 Å². The van der Waals surface area contributed by atoms with Crippen LogP contribution in [-0.4, -0.2) is 10.2 Å². The molecule has 0 aliphatic heterocycles. The number of benzene rings is 1. The molecule has 0 aromatic heterocycles. The van der Waals surface area contributed by atoms with Gasteiger partial charge in [-0.2, -0.15) is 0 Å². The first-order chi connectivity index (χ1) is 7.76. The SMILES string of the molecule is Cc1cc(F)ccc1NC(=O)C1(C)CC1(Cl)Cl. The second-order valence-corrected chi connectivity index (χ2v) is 6.11. The second-order valence-electron chi connectivity index (χ2n) is 4.63. The molecule has 1 saturated carbocycles. The number of carbonyl (C=O) groups is 1. The molecule has 5 heteroatoms. The Bertz CT molecular complexity index is 489. The molecule has 92 valence electrons. The molecule has 0 saturated heterocycles. The number of hydrogen-bond donors (Lipinski definition) is 1. The van der Waals surface area contributed by atoms with Gasteiger partial charge in [0.15, 0.2) is 0 Å². The molecular weight excluding hydrogens is 264 g/mol. The van der Waals surface area contributed by atoms with Gasteiger partial charge in [-0.05, 0) is 44.0 Å². The highest BCUT2D eigenvalue weighted by molar-refractivity contribution is 6.53. The number of aryl methyl sites for hydroxylation is 1. The molecule has 2 rings (SSSR count). The number of halogens is 3. The fourth-order valence-electron chi connectivity index (χ4n) is 1.67. The lowest BCUT2D eigenvalue weighted by atomic mass is 10.1. The molecule has 0 heterocycles. The van der Waals surface area contributed by atoms with Crippen molar-refractivity contribution in [1.82, 2.24) is 0 Å². The Balaban J connectivity index is 2.15. The van der Waals surface area contributed by atoms with Crippen molar-refractivity contribution in [3.63, 3.8) is 0 Å². The molecule has 0 radical (unpaired) electrons. The number of rotatable bonds is 2. The predicted molar refractivity (Wildman–Crippen MR) is 66.9 cm³/mol. The number of nitrogens with one attached hydrogen (secondary N) is 1. The van der Waals surface area contributed by atoms with Gasteiger partial charge in [-0.3, -0.25) is 4.79 Å². The van der Waals surface area contributed by atoms with E-state index in [0.29, 0.717) is 17.7 Å². The molecule has 1 aliphatic carbocycles. The van der Waals surface area contributed by atoms with Gasteiger partial charge in [0.25, 0.3) is 0 Å². The minimum absolute atomic E-state index is 0.239. The van der Waals surface area contributed by atoms with Crippen molar-refractivity contribution in [2.45, 2.75) is 24.6 Å². The lowest BCUT2D eigenvalue weighted by Gasteiger charge is -2.14. The molecule has 17 heavy (non-hydrogen) atoms. The average Bonchev–Trinajstić information content (AvgIpc) is 2.72. The van der Waals surface area contributed by atoms with Crippen molar-refractivity contribution >= 4 is 34.8 Å². The Labute approximate surface area is 109 Å². The largest absolute Gasteiger partial charge is 0.325 e. The summed E-state index contributed by atoms with van der Waals surface area (Å²) in [6, 6.07) is 4.18. The van der Waals surface area contributed by atoms with Crippen LogP contribution in [0, 0.1) is 18.2 Å². The lowest BCUT2D eigenvalue weighted by molar-refractivity contribution is -0.120. The smallest absolute Gasteiger partial charge is 0.233 e. The fraction of sp³-hybridized carbons (Fsp3) is 0.417. The quantitative estimate of drug-likeness (QED) is 0.821. The maximum atomic E-state index is 12.9. The molecule has 0 spiro atoms. The van der Waals surface area contributed by atoms with Gasteiger partial charge < -0.3 is 5.32 Å². The molecule has 1 N–H and O–H groups in total. The van der Waals surface area contributed by atoms with E-state index in [2.05, 4.69) is 5.32 Å². The Morgan fingerprint density at radius 1 is 1.47 bits per heavy atom. The van der Waals surface area contributed by atoms with Crippen LogP contribution in [0.15, 0.2) is 18.2 Å². The van der Waals surface area contributed by atoms with E-state index in [0.717, 1.165) is 0 Å². The van der Waals surface area contributed by atoms with Gasteiger partial charge in [-0.1, -0.05) is 0 Å². The number of hydrogen-bond acceptors (Lipinski definition) is 1. The number of amides is 1. The van der Waals surface area contributed by atoms with Gasteiger partial charge in [0, 0.05) is 5.69 Å². The number of carbonyl (C=O) groups excluding carboxylic acids is 1. The minimum atomic E-state index is -0.995. The zero-order chi connectivity index (χ0) is 12.8. The van der Waals surface area contributed by atoms with Crippen LogP contribution in [0.1, 0.15) is 18.9 Å². The van der Waals surface area contributed by atoms with Crippen LogP contribution >= 0.6 is 23.2 Å². The Kier molecular flexibility index (Phi) is 2.87. The lowest BCUT2D eigenvalue weighted by Crippen LogP contribution is -2.26. The second kappa shape index (κ2) is 3.85. The van der Waals surface area contributed by atoms with Crippen molar-refractivity contribution < 1.29 is 9.18 Å². The number of anilines is 1. The van der Waals surface area contributed by atoms with E-state index >= 15 is 0 Å². The van der Waals surface area contributed by atoms with Gasteiger partial charge in [-0.25, -0.2) is 4.39 Å². The summed E-state index contributed by atoms with van der Waals surface area (Å²) < 4.78 is 11.9. The fourth-order valence-corrected chi connectivity index (χ4v) is 2.38. The molecule has 1 amide bonds. The monoisotopic (exact) mass is 275 g/mol. The van der Waals surface area contributed by atoms with E-state index in [9.17, 15) is 9.18 Å². The molecule has 1 fully saturated rings. The first kappa shape index (κ1) is 12.7. The molecule has 1 aromatic rings. The molecule has 2 nitrogen and oxygen atoms in total. The van der Waals surface area contributed by atoms with Crippen molar-refractivity contribution in [3.8, 4) is 0 Å². The first-order valence-electron chi connectivity index (χ1n) is 5.22. The van der Waals surface area contributed by atoms with Crippen LogP contribution in [-0.2, 0) is 4.79 Å². The third kappa shape index (κ3) is 2.14. The Morgan fingerprint density at radius 2 is 2.06 bits per heavy atom. The van der Waals surface area contributed by atoms with Gasteiger partial charge in [0.05, 0.1) is 5.41 Å². The molecule has 0 bridgehead atoms. The van der Waals surface area contributed by atoms with Crippen molar-refractivity contribution in [2.75, 3.05) is 5.32 Å². The Morgan fingerprint density at radius 3 is 2.53 bits per heavy atom. The highest BCUT2D eigenvalue weighted by Crippen LogP contribution is 2.64. The summed E-state index contributed by atoms with van der Waals surface area (Å²) in [5.41, 5.74) is 0.475. The molecular formula is C12H12Cl2FNO. The highest BCUT2D eigenvalue weighted by Gasteiger charge is 2.67. The maximum absolute atomic E-state index is 12.9. The molecule has 1 aromatic carbocycles. The van der Waals surface area contributed by atoms with Gasteiger partial charge in [0.1, 0.15) is 10.2 Å². The van der Waals surface area contributed by atoms with Crippen molar-refractivity contribution in [1.29, 1.82) is 0 Å². The summed E-state index contributed by atoms with van der Waals surface area (Å²) in [6.07, 6.45) is 0.426. The van der Waals surface area contributed by atoms with E-state index < -0.39 is 9.75 Å². The molecule has 1 aliphatic rings. The van der Waals surface area contributed by atoms with Crippen LogP contribution < -0.4 is 5.32 Å². The van der Waals surface area contributed by atoms with Gasteiger partial charge in [0.2, 0.25) is 5.91 Å². The van der Waals surface area contributed by atoms with E-state index in [1.807, 2.05) is 0 Å². The summed E-state index contributed by atoms with van der Waals surface area (Å²) in [4.78, 5) is 12.0. The minimum Gasteiger partial charge on any atom is -0.325 e. The van der Waals surface area contributed by atoms with Crippen LogP contribution in [0.3, 0.4) is 0 Å². The van der Waals surface area contributed by atoms with Crippen LogP contribution in [0.4, 0.5) is 10.1 Å². The standard InChI is InChI=1S/C12H12Cl2FNO/c1-7-5-8(15)3-4-9(7)16-10(17)11(2)6-12(11,13)14/h3-5H,6H2,1-2H3,(H,16,17). The predicted octanol–water partition coefficient (Wildman–Crippen LogP) is 3.66. The van der Waals surface area contributed by atoms with Crippen molar-refractivity contribution in [3.05, 3.63) is 29.6 Å². The highest BCUT2D eigenvalue weighted by atomic mass is 35.5. The average molecular weight is 276 g/mol. The van der Waals surface area contributed by atoms with Gasteiger partial charge in [-0.15, -0.1) is 23.2 Å². The maximum Gasteiger partial charge on any atom is 0.233 e. The third-order valence-corrected chi connectivity index (χ3v) is 4.30. The topological polar surface area (TPSA) is 29.1 Å². The zero-order valence-electron chi connectivity index (χ0n) is 9.48. The van der Waals surface area contributed by atoms with E-state index in [1.165, 1.54) is 18.2 Å². The molecule has 1 atom stereocenters. The Hall–Kier alpha value is -0.800. The van der Waals surface area contributed by atoms with Gasteiger partial charge >= 0.3 is 0 Å². The summed E-state index contributed by atoms with van der Waals surface area (Å²) in [7, 11) is 0. The third-order valence-electron chi connectivity index (χ3n) is 3.20. The summed E-state index contributed by atoms with van der Waals surface area (Å²) in [5, 5.41) is 2.72. The van der Waals surface area contributed by atoms with Crippen LogP contribution in [0.25, 0.3) is 0 Å². The normalized spacial score (nSPS) is 25.5. The van der Waals surface area contributed by atoms with Crippen molar-refractivity contribution in [2.24, 2.45) is 5.41 Å². The zero-order valence-corrected chi connectivity index (χ0v) is 11.0. The summed E-state index contributed by atoms with van der Waals surface area (Å²) in [6.45, 7) is 3.43. The summed E-state index contributed by atoms with van der Waals surface area (Å²) in [5.74, 6) is -0.570. The van der Waals surface area contributed by atoms with E-state index in [-0.39, 0.29) is 11.7 Å². The first-order valence-corrected chi connectivity index (χ1v) is 5.97.